The van der Waals surface area contributed by atoms with Crippen molar-refractivity contribution in [1.29, 1.82) is 0 Å². The standard InChI is InChI=1S/C18H27N3O4S/c1-13(2)15-12-19-17(26-15)25-18(23)21-7-3-6-20(8-9-21)16(22)14-4-10-24-11-5-14/h12-14H,3-11H2,1-2H3. The third-order valence-electron chi connectivity index (χ3n) is 4.88. The van der Waals surface area contributed by atoms with Crippen molar-refractivity contribution in [3.63, 3.8) is 0 Å². The van der Waals surface area contributed by atoms with Gasteiger partial charge in [0, 0.05) is 56.4 Å². The number of carbonyl (C=O) groups is 2. The minimum atomic E-state index is -0.380. The molecule has 0 saturated carbocycles. The van der Waals surface area contributed by atoms with Crippen LogP contribution in [0.15, 0.2) is 6.20 Å². The summed E-state index contributed by atoms with van der Waals surface area (Å²) in [4.78, 5) is 33.9. The fourth-order valence-corrected chi connectivity index (χ4v) is 4.01. The molecule has 8 heteroatoms. The van der Waals surface area contributed by atoms with E-state index in [1.807, 2.05) is 4.90 Å². The minimum absolute atomic E-state index is 0.0621. The first-order valence-corrected chi connectivity index (χ1v) is 10.1. The molecular weight excluding hydrogens is 354 g/mol. The van der Waals surface area contributed by atoms with Gasteiger partial charge in [0.1, 0.15) is 0 Å². The molecule has 0 aromatic carbocycles. The van der Waals surface area contributed by atoms with Gasteiger partial charge in [-0.25, -0.2) is 9.78 Å². The fourth-order valence-electron chi connectivity index (χ4n) is 3.25. The molecule has 0 bridgehead atoms. The molecule has 2 fully saturated rings. The zero-order valence-electron chi connectivity index (χ0n) is 15.5. The maximum Gasteiger partial charge on any atom is 0.417 e. The first-order chi connectivity index (χ1) is 12.5. The number of carbonyl (C=O) groups excluding carboxylic acids is 2. The first kappa shape index (κ1) is 19.1. The van der Waals surface area contributed by atoms with Gasteiger partial charge < -0.3 is 19.3 Å². The van der Waals surface area contributed by atoms with Crippen molar-refractivity contribution in [2.45, 2.75) is 39.0 Å². The van der Waals surface area contributed by atoms with Crippen LogP contribution in [0, 0.1) is 5.92 Å². The van der Waals surface area contributed by atoms with Crippen LogP contribution in [-0.2, 0) is 9.53 Å². The molecule has 0 N–H and O–H groups in total. The minimum Gasteiger partial charge on any atom is -0.381 e. The van der Waals surface area contributed by atoms with E-state index < -0.39 is 0 Å². The van der Waals surface area contributed by atoms with Crippen LogP contribution in [0.2, 0.25) is 0 Å². The van der Waals surface area contributed by atoms with E-state index in [-0.39, 0.29) is 17.9 Å². The fraction of sp³-hybridized carbons (Fsp3) is 0.722. The van der Waals surface area contributed by atoms with Gasteiger partial charge >= 0.3 is 6.09 Å². The number of hydrogen-bond acceptors (Lipinski definition) is 6. The Kier molecular flexibility index (Phi) is 6.48. The maximum atomic E-state index is 12.7. The van der Waals surface area contributed by atoms with E-state index in [1.165, 1.54) is 11.3 Å². The van der Waals surface area contributed by atoms with Crippen molar-refractivity contribution in [2.75, 3.05) is 39.4 Å². The second kappa shape index (κ2) is 8.81. The van der Waals surface area contributed by atoms with Crippen LogP contribution in [-0.4, -0.2) is 66.2 Å². The summed E-state index contributed by atoms with van der Waals surface area (Å²) in [6.07, 6.45) is 3.73. The SMILES string of the molecule is CC(C)c1cnc(OC(=O)N2CCCN(C(=O)C3CCOCC3)CC2)s1. The second-order valence-corrected chi connectivity index (χ2v) is 8.13. The molecule has 144 valence electrons. The molecule has 0 spiro atoms. The first-order valence-electron chi connectivity index (χ1n) is 9.33. The van der Waals surface area contributed by atoms with E-state index in [9.17, 15) is 9.59 Å². The van der Waals surface area contributed by atoms with Crippen molar-refractivity contribution in [3.8, 4) is 5.19 Å². The van der Waals surface area contributed by atoms with Crippen LogP contribution in [0.3, 0.4) is 0 Å². The Hall–Kier alpha value is -1.67. The summed E-state index contributed by atoms with van der Waals surface area (Å²) in [7, 11) is 0. The van der Waals surface area contributed by atoms with Crippen LogP contribution in [0.4, 0.5) is 4.79 Å². The van der Waals surface area contributed by atoms with Crippen LogP contribution in [0.25, 0.3) is 0 Å². The number of hydrogen-bond donors (Lipinski definition) is 0. The topological polar surface area (TPSA) is 72.0 Å². The van der Waals surface area contributed by atoms with Crippen LogP contribution in [0.5, 0.6) is 5.19 Å². The Morgan fingerprint density at radius 3 is 2.58 bits per heavy atom. The summed E-state index contributed by atoms with van der Waals surface area (Å²) in [6.45, 7) is 7.82. The van der Waals surface area contributed by atoms with Crippen LogP contribution < -0.4 is 4.74 Å². The lowest BCUT2D eigenvalue weighted by atomic mass is 9.98. The summed E-state index contributed by atoms with van der Waals surface area (Å²) in [6, 6.07) is 0. The molecule has 0 radical (unpaired) electrons. The Morgan fingerprint density at radius 2 is 1.88 bits per heavy atom. The molecule has 0 atom stereocenters. The lowest BCUT2D eigenvalue weighted by molar-refractivity contribution is -0.138. The third-order valence-corrected chi connectivity index (χ3v) is 6.06. The monoisotopic (exact) mass is 381 g/mol. The number of amides is 2. The predicted molar refractivity (Wildman–Crippen MR) is 98.5 cm³/mol. The summed E-state index contributed by atoms with van der Waals surface area (Å²) in [5, 5.41) is 0.387. The lowest BCUT2D eigenvalue weighted by Gasteiger charge is -2.28. The highest BCUT2D eigenvalue weighted by Crippen LogP contribution is 2.27. The van der Waals surface area contributed by atoms with Crippen LogP contribution in [0.1, 0.15) is 43.9 Å². The van der Waals surface area contributed by atoms with E-state index in [4.69, 9.17) is 9.47 Å². The summed E-state index contributed by atoms with van der Waals surface area (Å²) < 4.78 is 10.8. The van der Waals surface area contributed by atoms with Gasteiger partial charge in [-0.05, 0) is 25.2 Å². The van der Waals surface area contributed by atoms with Gasteiger partial charge in [-0.2, -0.15) is 0 Å². The Balaban J connectivity index is 1.52. The summed E-state index contributed by atoms with van der Waals surface area (Å²) >= 11 is 1.41. The average molecular weight is 381 g/mol. The maximum absolute atomic E-state index is 12.7. The zero-order chi connectivity index (χ0) is 18.5. The van der Waals surface area contributed by atoms with Crippen molar-refractivity contribution in [1.82, 2.24) is 14.8 Å². The van der Waals surface area contributed by atoms with E-state index in [2.05, 4.69) is 18.8 Å². The van der Waals surface area contributed by atoms with Gasteiger partial charge in [0.05, 0.1) is 0 Å². The van der Waals surface area contributed by atoms with Crippen molar-refractivity contribution < 1.29 is 19.1 Å². The van der Waals surface area contributed by atoms with Crippen molar-refractivity contribution >= 4 is 23.3 Å². The third kappa shape index (κ3) is 4.73. The highest BCUT2D eigenvalue weighted by Gasteiger charge is 2.29. The quantitative estimate of drug-likeness (QED) is 0.805. The van der Waals surface area contributed by atoms with Gasteiger partial charge in [-0.15, -0.1) is 0 Å². The molecule has 2 saturated heterocycles. The molecule has 0 aliphatic carbocycles. The molecule has 1 aromatic rings. The van der Waals surface area contributed by atoms with Crippen molar-refractivity contribution in [3.05, 3.63) is 11.1 Å². The summed E-state index contributed by atoms with van der Waals surface area (Å²) in [5.41, 5.74) is 0. The number of rotatable bonds is 3. The van der Waals surface area contributed by atoms with Gasteiger partial charge in [0.2, 0.25) is 5.91 Å². The van der Waals surface area contributed by atoms with Crippen molar-refractivity contribution in [2.24, 2.45) is 5.92 Å². The lowest BCUT2D eigenvalue weighted by Crippen LogP contribution is -2.41. The smallest absolute Gasteiger partial charge is 0.381 e. The zero-order valence-corrected chi connectivity index (χ0v) is 16.3. The molecular formula is C18H27N3O4S. The van der Waals surface area contributed by atoms with E-state index in [1.54, 1.807) is 11.1 Å². The number of thiazole rings is 1. The molecule has 26 heavy (non-hydrogen) atoms. The summed E-state index contributed by atoms with van der Waals surface area (Å²) in [5.74, 6) is 0.625. The second-order valence-electron chi connectivity index (χ2n) is 7.10. The number of nitrogens with zero attached hydrogens (tertiary/aromatic N) is 3. The average Bonchev–Trinajstić information content (AvgIpc) is 2.97. The Bertz CT molecular complexity index is 628. The normalized spacial score (nSPS) is 19.5. The van der Waals surface area contributed by atoms with Gasteiger partial charge in [0.15, 0.2) is 0 Å². The Labute approximate surface area is 158 Å². The molecule has 2 amide bonds. The molecule has 2 aliphatic heterocycles. The molecule has 2 aliphatic rings. The predicted octanol–water partition coefficient (Wildman–Crippen LogP) is 2.73. The van der Waals surface area contributed by atoms with Gasteiger partial charge in [-0.3, -0.25) is 4.79 Å². The molecule has 3 heterocycles. The van der Waals surface area contributed by atoms with E-state index in [0.717, 1.165) is 24.1 Å². The molecule has 1 aromatic heterocycles. The molecule has 3 rings (SSSR count). The highest BCUT2D eigenvalue weighted by atomic mass is 32.1. The largest absolute Gasteiger partial charge is 0.417 e. The highest BCUT2D eigenvalue weighted by molar-refractivity contribution is 7.13. The van der Waals surface area contributed by atoms with Gasteiger partial charge in [0.25, 0.3) is 5.19 Å². The van der Waals surface area contributed by atoms with E-state index in [0.29, 0.717) is 50.5 Å². The Morgan fingerprint density at radius 1 is 1.19 bits per heavy atom. The molecule has 0 unspecified atom stereocenters. The molecule has 7 nitrogen and oxygen atoms in total. The van der Waals surface area contributed by atoms with Crippen LogP contribution >= 0.6 is 11.3 Å². The van der Waals surface area contributed by atoms with Gasteiger partial charge in [-0.1, -0.05) is 25.2 Å². The van der Waals surface area contributed by atoms with E-state index >= 15 is 0 Å². The number of ether oxygens (including phenoxy) is 2. The number of aromatic nitrogens is 1.